The van der Waals surface area contributed by atoms with Crippen LogP contribution in [0.1, 0.15) is 10.4 Å². The Kier molecular flexibility index (Phi) is 3.84. The Balaban J connectivity index is 1.57. The van der Waals surface area contributed by atoms with Crippen molar-refractivity contribution in [2.75, 3.05) is 5.32 Å². The molecule has 0 atom stereocenters. The van der Waals surface area contributed by atoms with E-state index in [1.54, 1.807) is 12.1 Å². The molecule has 0 saturated heterocycles. The van der Waals surface area contributed by atoms with Gasteiger partial charge >= 0.3 is 0 Å². The van der Waals surface area contributed by atoms with Gasteiger partial charge in [0.15, 0.2) is 0 Å². The first kappa shape index (κ1) is 14.9. The number of benzene rings is 2. The van der Waals surface area contributed by atoms with Crippen LogP contribution in [-0.2, 0) is 0 Å². The largest absolute Gasteiger partial charge is 0.423 e. The highest BCUT2D eigenvalue weighted by molar-refractivity contribution is 6.04. The van der Waals surface area contributed by atoms with Crippen LogP contribution < -0.4 is 5.32 Å². The van der Waals surface area contributed by atoms with Crippen molar-refractivity contribution in [3.8, 4) is 17.1 Å². The van der Waals surface area contributed by atoms with Crippen LogP contribution in [0.5, 0.6) is 0 Å². The molecule has 122 valence electrons. The van der Waals surface area contributed by atoms with E-state index in [1.807, 2.05) is 65.5 Å². The standard InChI is InChI=1S/C19H14N4O2/c24-18(14-5-4-8-17(12-14)23-9-1-2-10-23)21-16-7-3-6-15(11-16)19-22-20-13-25-19/h1-13H,(H,21,24). The molecule has 0 radical (unpaired) electrons. The van der Waals surface area contributed by atoms with Gasteiger partial charge < -0.3 is 14.3 Å². The maximum Gasteiger partial charge on any atom is 0.255 e. The van der Waals surface area contributed by atoms with Gasteiger partial charge in [-0.2, -0.15) is 0 Å². The first-order valence-electron chi connectivity index (χ1n) is 7.71. The molecule has 0 fully saturated rings. The summed E-state index contributed by atoms with van der Waals surface area (Å²) in [5.74, 6) is 0.224. The van der Waals surface area contributed by atoms with Crippen molar-refractivity contribution in [2.24, 2.45) is 0 Å². The van der Waals surface area contributed by atoms with Crippen molar-refractivity contribution >= 4 is 11.6 Å². The Hall–Kier alpha value is -3.67. The van der Waals surface area contributed by atoms with Gasteiger partial charge in [-0.05, 0) is 48.5 Å². The van der Waals surface area contributed by atoms with Crippen molar-refractivity contribution in [1.82, 2.24) is 14.8 Å². The molecule has 0 saturated carbocycles. The summed E-state index contributed by atoms with van der Waals surface area (Å²) in [6.45, 7) is 0. The molecule has 4 rings (SSSR count). The third-order valence-electron chi connectivity index (χ3n) is 3.74. The number of hydrogen-bond donors (Lipinski definition) is 1. The summed E-state index contributed by atoms with van der Waals surface area (Å²) >= 11 is 0. The summed E-state index contributed by atoms with van der Waals surface area (Å²) in [6.07, 6.45) is 5.14. The molecule has 25 heavy (non-hydrogen) atoms. The number of carbonyl (C=O) groups is 1. The molecule has 0 aliphatic carbocycles. The summed E-state index contributed by atoms with van der Waals surface area (Å²) in [4.78, 5) is 12.6. The zero-order valence-corrected chi connectivity index (χ0v) is 13.2. The van der Waals surface area contributed by atoms with Gasteiger partial charge in [0.2, 0.25) is 12.3 Å². The van der Waals surface area contributed by atoms with E-state index < -0.39 is 0 Å². The number of nitrogens with one attached hydrogen (secondary N) is 1. The zero-order valence-electron chi connectivity index (χ0n) is 13.2. The Morgan fingerprint density at radius 2 is 1.84 bits per heavy atom. The van der Waals surface area contributed by atoms with E-state index in [9.17, 15) is 4.79 Å². The van der Waals surface area contributed by atoms with Crippen molar-refractivity contribution < 1.29 is 9.21 Å². The van der Waals surface area contributed by atoms with Gasteiger partial charge in [0, 0.05) is 34.9 Å². The predicted molar refractivity (Wildman–Crippen MR) is 93.5 cm³/mol. The molecular weight excluding hydrogens is 316 g/mol. The van der Waals surface area contributed by atoms with E-state index in [-0.39, 0.29) is 5.91 Å². The molecule has 0 spiro atoms. The number of hydrogen-bond acceptors (Lipinski definition) is 4. The van der Waals surface area contributed by atoms with Gasteiger partial charge in [0.05, 0.1) is 0 Å². The Labute approximate surface area is 143 Å². The van der Waals surface area contributed by atoms with Gasteiger partial charge in [-0.15, -0.1) is 10.2 Å². The Bertz CT molecular complexity index is 992. The van der Waals surface area contributed by atoms with E-state index in [4.69, 9.17) is 4.42 Å². The van der Waals surface area contributed by atoms with Crippen molar-refractivity contribution in [1.29, 1.82) is 0 Å². The number of amides is 1. The predicted octanol–water partition coefficient (Wildman–Crippen LogP) is 3.78. The quantitative estimate of drug-likeness (QED) is 0.618. The van der Waals surface area contributed by atoms with E-state index in [2.05, 4.69) is 15.5 Å². The van der Waals surface area contributed by atoms with Crippen LogP contribution in [0, 0.1) is 0 Å². The van der Waals surface area contributed by atoms with E-state index in [0.717, 1.165) is 11.3 Å². The van der Waals surface area contributed by atoms with Crippen LogP contribution >= 0.6 is 0 Å². The molecule has 0 aliphatic heterocycles. The fourth-order valence-corrected chi connectivity index (χ4v) is 2.55. The maximum atomic E-state index is 12.6. The van der Waals surface area contributed by atoms with Gasteiger partial charge in [-0.1, -0.05) is 12.1 Å². The average Bonchev–Trinajstić information content (AvgIpc) is 3.36. The average molecular weight is 330 g/mol. The molecule has 0 bridgehead atoms. The van der Waals surface area contributed by atoms with Crippen LogP contribution in [0.15, 0.2) is 83.9 Å². The third-order valence-corrected chi connectivity index (χ3v) is 3.74. The van der Waals surface area contributed by atoms with Crippen molar-refractivity contribution in [3.05, 3.63) is 85.0 Å². The lowest BCUT2D eigenvalue weighted by Crippen LogP contribution is -2.12. The van der Waals surface area contributed by atoms with Crippen LogP contribution in [0.4, 0.5) is 5.69 Å². The highest BCUT2D eigenvalue weighted by atomic mass is 16.4. The van der Waals surface area contributed by atoms with Gasteiger partial charge in [0.25, 0.3) is 5.91 Å². The molecule has 0 aliphatic rings. The van der Waals surface area contributed by atoms with Crippen LogP contribution in [0.3, 0.4) is 0 Å². The molecule has 2 aromatic carbocycles. The fraction of sp³-hybridized carbons (Fsp3) is 0. The molecule has 4 aromatic rings. The first-order chi connectivity index (χ1) is 12.3. The monoisotopic (exact) mass is 330 g/mol. The molecule has 1 amide bonds. The minimum atomic E-state index is -0.184. The highest BCUT2D eigenvalue weighted by Gasteiger charge is 2.09. The molecule has 6 heteroatoms. The van der Waals surface area contributed by atoms with E-state index in [1.165, 1.54) is 6.39 Å². The van der Waals surface area contributed by atoms with Crippen LogP contribution in [0.25, 0.3) is 17.1 Å². The molecule has 6 nitrogen and oxygen atoms in total. The summed E-state index contributed by atoms with van der Waals surface area (Å²) in [7, 11) is 0. The second kappa shape index (κ2) is 6.45. The maximum absolute atomic E-state index is 12.6. The topological polar surface area (TPSA) is 73.0 Å². The first-order valence-corrected chi connectivity index (χ1v) is 7.71. The number of anilines is 1. The summed E-state index contributed by atoms with van der Waals surface area (Å²) < 4.78 is 7.13. The fourth-order valence-electron chi connectivity index (χ4n) is 2.55. The number of rotatable bonds is 4. The zero-order chi connectivity index (χ0) is 17.1. The van der Waals surface area contributed by atoms with E-state index in [0.29, 0.717) is 17.1 Å². The number of nitrogens with zero attached hydrogens (tertiary/aromatic N) is 3. The van der Waals surface area contributed by atoms with Crippen LogP contribution in [0.2, 0.25) is 0 Å². The second-order valence-electron chi connectivity index (χ2n) is 5.42. The number of aromatic nitrogens is 3. The second-order valence-corrected chi connectivity index (χ2v) is 5.42. The summed E-state index contributed by atoms with van der Waals surface area (Å²) in [5, 5.41) is 10.4. The van der Waals surface area contributed by atoms with Gasteiger partial charge in [0.1, 0.15) is 0 Å². The minimum Gasteiger partial charge on any atom is -0.423 e. The molecule has 0 unspecified atom stereocenters. The van der Waals surface area contributed by atoms with Crippen molar-refractivity contribution in [3.63, 3.8) is 0 Å². The Morgan fingerprint density at radius 1 is 1.00 bits per heavy atom. The lowest BCUT2D eigenvalue weighted by Gasteiger charge is -2.08. The SMILES string of the molecule is O=C(Nc1cccc(-c2nnco2)c1)c1cccc(-n2cccc2)c1. The summed E-state index contributed by atoms with van der Waals surface area (Å²) in [6, 6.07) is 18.6. The summed E-state index contributed by atoms with van der Waals surface area (Å²) in [5.41, 5.74) is 2.91. The van der Waals surface area contributed by atoms with Crippen molar-refractivity contribution in [2.45, 2.75) is 0 Å². The molecule has 2 heterocycles. The van der Waals surface area contributed by atoms with Crippen LogP contribution in [-0.4, -0.2) is 20.7 Å². The highest BCUT2D eigenvalue weighted by Crippen LogP contribution is 2.21. The smallest absolute Gasteiger partial charge is 0.255 e. The van der Waals surface area contributed by atoms with Gasteiger partial charge in [-0.3, -0.25) is 4.79 Å². The molecule has 2 aromatic heterocycles. The lowest BCUT2D eigenvalue weighted by molar-refractivity contribution is 0.102. The van der Waals surface area contributed by atoms with Gasteiger partial charge in [-0.25, -0.2) is 0 Å². The van der Waals surface area contributed by atoms with E-state index >= 15 is 0 Å². The number of carbonyl (C=O) groups excluding carboxylic acids is 1. The normalized spacial score (nSPS) is 10.6. The molecular formula is C19H14N4O2. The third kappa shape index (κ3) is 3.18. The lowest BCUT2D eigenvalue weighted by atomic mass is 10.1. The minimum absolute atomic E-state index is 0.184. The Morgan fingerprint density at radius 3 is 2.64 bits per heavy atom. The molecule has 1 N–H and O–H groups in total.